The van der Waals surface area contributed by atoms with Crippen LogP contribution in [-0.4, -0.2) is 48.6 Å². The van der Waals surface area contributed by atoms with Crippen LogP contribution in [0.1, 0.15) is 58.4 Å². The maximum atomic E-state index is 15.6. The van der Waals surface area contributed by atoms with Gasteiger partial charge in [-0.2, -0.15) is 0 Å². The fourth-order valence-electron chi connectivity index (χ4n) is 8.43. The number of benzene rings is 6. The third-order valence-electron chi connectivity index (χ3n) is 12.2. The zero-order valence-electron chi connectivity index (χ0n) is 42.2. The lowest BCUT2D eigenvalue weighted by Gasteiger charge is -2.49. The first-order chi connectivity index (χ1) is 37.6. The summed E-state index contributed by atoms with van der Waals surface area (Å²) >= 11 is 0. The van der Waals surface area contributed by atoms with Crippen molar-refractivity contribution in [3.8, 4) is 0 Å². The molecule has 3 aliphatic rings. The molecule has 0 N–H and O–H groups in total. The topological polar surface area (TPSA) is 232 Å². The number of rotatable bonds is 22. The molecule has 6 aromatic carbocycles. The van der Waals surface area contributed by atoms with Crippen LogP contribution < -0.4 is 0 Å². The van der Waals surface area contributed by atoms with Crippen molar-refractivity contribution in [3.05, 3.63) is 214 Å². The standard InChI is InChI=1S/C54H56O20P4/c1-39(55)69-49-50(70-40(2)56)52(72-76(58,63-33-43-23-11-5-12-24-43)64-34-44-25-13-6-14-26-44)54(74-78(60)67-37-47-29-17-18-30-48(47)38-68-78)53(73-77(59)65-35-45-27-15-16-28-46(45)36-66-77)51(49)71-75(57,61-31-41-19-7-3-8-20-41)62-32-42-21-9-4-10-22-42/h3-30,49-54H,31-38H2,1-2H3/t49-,50-,51+,52+,53-,54+/m1/s1. The molecule has 0 unspecified atom stereocenters. The minimum atomic E-state index is -5.13. The maximum absolute atomic E-state index is 15.6. The first-order valence-corrected chi connectivity index (χ1v) is 30.4. The van der Waals surface area contributed by atoms with E-state index in [9.17, 15) is 9.59 Å². The van der Waals surface area contributed by atoms with Gasteiger partial charge in [-0.1, -0.05) is 170 Å². The minimum absolute atomic E-state index is 0.349. The lowest BCUT2D eigenvalue weighted by Crippen LogP contribution is -2.67. The normalized spacial score (nSPS) is 21.9. The number of ether oxygens (including phenoxy) is 2. The molecule has 20 nitrogen and oxygen atoms in total. The van der Waals surface area contributed by atoms with E-state index >= 15 is 18.3 Å². The van der Waals surface area contributed by atoms with E-state index in [1.165, 1.54) is 0 Å². The van der Waals surface area contributed by atoms with Crippen LogP contribution >= 0.6 is 31.3 Å². The molecule has 0 spiro atoms. The number of carbonyl (C=O) groups is 2. The molecule has 2 aliphatic heterocycles. The molecular weight excluding hydrogens is 1090 g/mol. The quantitative estimate of drug-likeness (QED) is 0.0454. The number of esters is 2. The van der Waals surface area contributed by atoms with Gasteiger partial charge in [0.1, 0.15) is 24.4 Å². The molecule has 9 rings (SSSR count). The van der Waals surface area contributed by atoms with Gasteiger partial charge in [-0.25, -0.2) is 18.3 Å². The Hall–Kier alpha value is -5.30. The molecular formula is C54H56O20P4. The van der Waals surface area contributed by atoms with Crippen molar-refractivity contribution < 1.29 is 91.6 Å². The zero-order valence-corrected chi connectivity index (χ0v) is 45.8. The monoisotopic (exact) mass is 1150 g/mol. The van der Waals surface area contributed by atoms with Crippen molar-refractivity contribution in [2.75, 3.05) is 0 Å². The molecule has 0 radical (unpaired) electrons. The highest BCUT2D eigenvalue weighted by Crippen LogP contribution is 2.63. The molecule has 6 aromatic rings. The van der Waals surface area contributed by atoms with Crippen LogP contribution in [0.5, 0.6) is 0 Å². The van der Waals surface area contributed by atoms with E-state index < -0.39 is 106 Å². The van der Waals surface area contributed by atoms with Gasteiger partial charge in [0.25, 0.3) is 0 Å². The van der Waals surface area contributed by atoms with Crippen LogP contribution in [0, 0.1) is 0 Å². The van der Waals surface area contributed by atoms with Gasteiger partial charge in [-0.3, -0.25) is 63.9 Å². The minimum Gasteiger partial charge on any atom is -0.456 e. The molecule has 0 saturated heterocycles. The second-order valence-electron chi connectivity index (χ2n) is 17.9. The number of phosphoric acid groups is 4. The summed E-state index contributed by atoms with van der Waals surface area (Å²) in [6.07, 6.45) is -13.2. The molecule has 0 bridgehead atoms. The van der Waals surface area contributed by atoms with Crippen LogP contribution in [0.4, 0.5) is 0 Å². The Kier molecular flexibility index (Phi) is 19.4. The molecule has 78 heavy (non-hydrogen) atoms. The van der Waals surface area contributed by atoms with Gasteiger partial charge >= 0.3 is 43.2 Å². The van der Waals surface area contributed by atoms with Gasteiger partial charge in [0, 0.05) is 13.8 Å². The summed E-state index contributed by atoms with van der Waals surface area (Å²) in [6, 6.07) is 48.0. The van der Waals surface area contributed by atoms with Crippen molar-refractivity contribution in [2.24, 2.45) is 0 Å². The lowest BCUT2D eigenvalue weighted by atomic mass is 9.84. The van der Waals surface area contributed by atoms with Crippen LogP contribution in [0.3, 0.4) is 0 Å². The molecule has 2 heterocycles. The summed E-state index contributed by atoms with van der Waals surface area (Å²) < 4.78 is 148. The van der Waals surface area contributed by atoms with Crippen molar-refractivity contribution in [3.63, 3.8) is 0 Å². The van der Waals surface area contributed by atoms with Crippen LogP contribution in [0.25, 0.3) is 0 Å². The summed E-state index contributed by atoms with van der Waals surface area (Å²) in [6.45, 7) is -0.984. The molecule has 6 atom stereocenters. The molecule has 1 saturated carbocycles. The van der Waals surface area contributed by atoms with Crippen LogP contribution in [0.2, 0.25) is 0 Å². The summed E-state index contributed by atoms with van der Waals surface area (Å²) in [5.41, 5.74) is 4.33. The third kappa shape index (κ3) is 15.5. The third-order valence-corrected chi connectivity index (χ3v) is 17.8. The molecule has 412 valence electrons. The smallest absolute Gasteiger partial charge is 0.456 e. The molecule has 1 aliphatic carbocycles. The Bertz CT molecular complexity index is 2790. The summed E-state index contributed by atoms with van der Waals surface area (Å²) in [7, 11) is -20.3. The Balaban J connectivity index is 1.21. The number of hydrogen-bond donors (Lipinski definition) is 0. The predicted molar refractivity (Wildman–Crippen MR) is 278 cm³/mol. The van der Waals surface area contributed by atoms with E-state index in [1.54, 1.807) is 170 Å². The number of carbonyl (C=O) groups excluding carboxylic acids is 2. The largest absolute Gasteiger partial charge is 0.475 e. The average Bonchev–Trinajstić information content (AvgIpc) is 3.89. The SMILES string of the molecule is CC(=O)O[C@@H]1[C@@H](OC(C)=O)[C@H](OP(=O)(OCc2ccccc2)OCc2ccccc2)[C@@H](OP2(=O)OCc3ccccc3CO2)[C@@H](OP2(=O)OCc3ccccc3CO2)[C@H]1OP(=O)(OCc1ccccc1)OCc1ccccc1. The number of phosphoric ester groups is 4. The molecule has 0 aromatic heterocycles. The Labute approximate surface area is 450 Å². The first kappa shape index (κ1) is 57.4. The molecule has 24 heteroatoms. The Morgan fingerprint density at radius 1 is 0.397 bits per heavy atom. The average molecular weight is 1150 g/mol. The summed E-state index contributed by atoms with van der Waals surface area (Å²) in [4.78, 5) is 27.1. The van der Waals surface area contributed by atoms with E-state index in [1.807, 2.05) is 0 Å². The van der Waals surface area contributed by atoms with Crippen molar-refractivity contribution >= 4 is 43.2 Å². The molecule has 0 amide bonds. The Morgan fingerprint density at radius 2 is 0.641 bits per heavy atom. The highest BCUT2D eigenvalue weighted by Gasteiger charge is 2.64. The fourth-order valence-corrected chi connectivity index (χ4v) is 13.8. The van der Waals surface area contributed by atoms with E-state index in [-0.39, 0.29) is 26.4 Å². The number of hydrogen-bond acceptors (Lipinski definition) is 20. The molecule has 1 fully saturated rings. The van der Waals surface area contributed by atoms with Gasteiger partial charge < -0.3 is 9.47 Å². The van der Waals surface area contributed by atoms with Gasteiger partial charge in [0.2, 0.25) is 0 Å². The van der Waals surface area contributed by atoms with Crippen molar-refractivity contribution in [1.29, 1.82) is 0 Å². The predicted octanol–water partition coefficient (Wildman–Crippen LogP) is 12.2. The van der Waals surface area contributed by atoms with Gasteiger partial charge in [0.15, 0.2) is 12.2 Å². The van der Waals surface area contributed by atoms with Crippen molar-refractivity contribution in [1.82, 2.24) is 0 Å². The second kappa shape index (κ2) is 26.3. The van der Waals surface area contributed by atoms with E-state index in [0.29, 0.717) is 44.5 Å². The van der Waals surface area contributed by atoms with Gasteiger partial charge in [-0.05, 0) is 44.5 Å². The fraction of sp³-hybridized carbons (Fsp3) is 0.296. The second-order valence-corrected chi connectivity index (χ2v) is 24.4. The highest BCUT2D eigenvalue weighted by atomic mass is 31.2. The first-order valence-electron chi connectivity index (χ1n) is 24.6. The Morgan fingerprint density at radius 3 is 0.885 bits per heavy atom. The summed E-state index contributed by atoms with van der Waals surface area (Å²) in [5.74, 6) is -2.11. The van der Waals surface area contributed by atoms with Crippen LogP contribution in [0.15, 0.2) is 170 Å². The van der Waals surface area contributed by atoms with E-state index in [0.717, 1.165) is 13.8 Å². The van der Waals surface area contributed by atoms with Crippen LogP contribution in [-0.2, 0) is 144 Å². The van der Waals surface area contributed by atoms with Gasteiger partial charge in [0.05, 0.1) is 52.9 Å². The zero-order chi connectivity index (χ0) is 54.6. The van der Waals surface area contributed by atoms with E-state index in [4.69, 9.17) is 63.8 Å². The maximum Gasteiger partial charge on any atom is 0.475 e. The highest BCUT2D eigenvalue weighted by molar-refractivity contribution is 7.49. The van der Waals surface area contributed by atoms with E-state index in [2.05, 4.69) is 0 Å². The lowest BCUT2D eigenvalue weighted by molar-refractivity contribution is -0.232. The number of fused-ring (bicyclic) bond motifs is 2. The van der Waals surface area contributed by atoms with Crippen molar-refractivity contribution in [2.45, 2.75) is 103 Å². The summed E-state index contributed by atoms with van der Waals surface area (Å²) in [5, 5.41) is 0. The van der Waals surface area contributed by atoms with Gasteiger partial charge in [-0.15, -0.1) is 0 Å².